The van der Waals surface area contributed by atoms with Gasteiger partial charge in [0.05, 0.1) is 16.2 Å². The van der Waals surface area contributed by atoms with E-state index in [1.807, 2.05) is 47.1 Å². The summed E-state index contributed by atoms with van der Waals surface area (Å²) in [6, 6.07) is 48.4. The van der Waals surface area contributed by atoms with Crippen molar-refractivity contribution >= 4 is 96.8 Å². The van der Waals surface area contributed by atoms with Gasteiger partial charge >= 0.3 is 0 Å². The second-order valence-electron chi connectivity index (χ2n) is 16.4. The minimum Gasteiger partial charge on any atom is -0.509 e. The van der Waals surface area contributed by atoms with Crippen molar-refractivity contribution in [3.8, 4) is 17.3 Å². The molecule has 6 aromatic carbocycles. The smallest absolute Gasteiger partial charge is 0.135 e. The second-order valence-corrected chi connectivity index (χ2v) is 18.5. The van der Waals surface area contributed by atoms with Crippen LogP contribution in [0.2, 0.25) is 0 Å². The molecule has 0 spiro atoms. The molecule has 4 aromatic heterocycles. The molecule has 5 nitrogen and oxygen atoms in total. The Balaban J connectivity index is 0.00000420. The van der Waals surface area contributed by atoms with Crippen LogP contribution in [0.3, 0.4) is 0 Å². The van der Waals surface area contributed by atoms with E-state index in [2.05, 4.69) is 172 Å². The molecular formula is C51H39N4OPtS2-3. The summed E-state index contributed by atoms with van der Waals surface area (Å²) in [4.78, 5) is 9.61. The van der Waals surface area contributed by atoms with Crippen molar-refractivity contribution in [1.82, 2.24) is 9.55 Å². The number of aryl methyl sites for hydroxylation is 3. The number of hydrogen-bond donors (Lipinski definition) is 0. The van der Waals surface area contributed by atoms with Gasteiger partial charge in [-0.15, -0.1) is 70.7 Å². The fourth-order valence-corrected chi connectivity index (χ4v) is 11.1. The molecule has 0 bridgehead atoms. The van der Waals surface area contributed by atoms with Crippen LogP contribution >= 0.6 is 22.7 Å². The summed E-state index contributed by atoms with van der Waals surface area (Å²) in [5, 5.41) is 7.16. The van der Waals surface area contributed by atoms with Crippen LogP contribution in [-0.4, -0.2) is 9.55 Å². The summed E-state index contributed by atoms with van der Waals surface area (Å²) in [6.45, 7) is 15.5. The Labute approximate surface area is 366 Å². The van der Waals surface area contributed by atoms with E-state index in [0.29, 0.717) is 11.5 Å². The topological polar surface area (TPSA) is 33.5 Å². The van der Waals surface area contributed by atoms with Gasteiger partial charge in [0, 0.05) is 74.7 Å². The molecule has 0 fully saturated rings. The van der Waals surface area contributed by atoms with Crippen molar-refractivity contribution in [1.29, 1.82) is 0 Å². The van der Waals surface area contributed by atoms with E-state index < -0.39 is 0 Å². The standard InChI is InChI=1S/C51H39N4OS2.Pt/c1-30-24-31(2)47(32(3)25-30)54-29-53(49-40-15-8-10-17-43(40)58-50(49)54)34-12-11-13-35(27-34)56-36-18-19-37-38-20-21-44-46(39-14-7-9-16-42(39)57-44)48(38)55(41(37)28-36)45-26-33(22-23-52-45)51(4,5)6;/h7-26,29H,1-6H3;/q-3;. The third kappa shape index (κ3) is 6.08. The quantitative estimate of drug-likeness (QED) is 0.161. The first kappa shape index (κ1) is 37.8. The maximum absolute atomic E-state index is 6.72. The fourth-order valence-electron chi connectivity index (χ4n) is 8.80. The number of pyridine rings is 1. The second kappa shape index (κ2) is 14.1. The average Bonchev–Trinajstić information content (AvgIpc) is 3.96. The van der Waals surface area contributed by atoms with Gasteiger partial charge in [-0.05, 0) is 78.6 Å². The molecule has 1 aliphatic rings. The molecule has 0 unspecified atom stereocenters. The van der Waals surface area contributed by atoms with E-state index >= 15 is 0 Å². The molecule has 0 saturated carbocycles. The van der Waals surface area contributed by atoms with Gasteiger partial charge < -0.3 is 19.1 Å². The van der Waals surface area contributed by atoms with Gasteiger partial charge in [0.2, 0.25) is 0 Å². The first-order valence-corrected chi connectivity index (χ1v) is 21.2. The third-order valence-electron chi connectivity index (χ3n) is 11.3. The largest absolute Gasteiger partial charge is 0.509 e. The predicted octanol–water partition coefficient (Wildman–Crippen LogP) is 14.8. The van der Waals surface area contributed by atoms with Crippen molar-refractivity contribution in [2.45, 2.75) is 47.0 Å². The minimum atomic E-state index is -0.0443. The number of thiophene rings is 2. The van der Waals surface area contributed by atoms with Gasteiger partial charge in [0.1, 0.15) is 5.82 Å². The minimum absolute atomic E-state index is 0. The summed E-state index contributed by atoms with van der Waals surface area (Å²) in [5.41, 5.74) is 10.3. The average molecular weight is 983 g/mol. The molecule has 11 rings (SSSR count). The monoisotopic (exact) mass is 982 g/mol. The van der Waals surface area contributed by atoms with Crippen LogP contribution in [0.4, 0.5) is 22.1 Å². The summed E-state index contributed by atoms with van der Waals surface area (Å²) in [6.07, 6.45) is 1.93. The Morgan fingerprint density at radius 2 is 1.36 bits per heavy atom. The van der Waals surface area contributed by atoms with Crippen LogP contribution < -0.4 is 14.5 Å². The van der Waals surface area contributed by atoms with Gasteiger partial charge in [0.25, 0.3) is 0 Å². The molecule has 0 N–H and O–H groups in total. The van der Waals surface area contributed by atoms with E-state index in [0.717, 1.165) is 39.0 Å². The molecule has 294 valence electrons. The van der Waals surface area contributed by atoms with Gasteiger partial charge in [-0.1, -0.05) is 86.4 Å². The van der Waals surface area contributed by atoms with E-state index in [1.54, 1.807) is 0 Å². The number of aromatic nitrogens is 2. The van der Waals surface area contributed by atoms with Gasteiger partial charge in [-0.3, -0.25) is 0 Å². The molecule has 0 amide bonds. The molecule has 8 heteroatoms. The maximum atomic E-state index is 6.72. The van der Waals surface area contributed by atoms with Crippen molar-refractivity contribution in [2.75, 3.05) is 9.80 Å². The van der Waals surface area contributed by atoms with E-state index in [9.17, 15) is 0 Å². The molecule has 0 aliphatic carbocycles. The Bertz CT molecular complexity index is 3270. The number of ether oxygens (including phenoxy) is 1. The molecule has 0 radical (unpaired) electrons. The molecular weight excluding hydrogens is 944 g/mol. The third-order valence-corrected chi connectivity index (χ3v) is 13.6. The zero-order chi connectivity index (χ0) is 39.4. The summed E-state index contributed by atoms with van der Waals surface area (Å²) in [7, 11) is 0. The SMILES string of the molecule is Cc1cc(C)c(N2[CH-]N(c3[c-]c(Oc4[c-]c5c(cc4)c4ccc6sc7ccccc7c6c4n5-c4cc(C(C)(C)C)ccn4)ccc3)c3c2sc2ccccc32)c(C)c1.[Pt]. The number of rotatable bonds is 5. The van der Waals surface area contributed by atoms with Crippen molar-refractivity contribution in [3.63, 3.8) is 0 Å². The van der Waals surface area contributed by atoms with E-state index in [-0.39, 0.29) is 26.5 Å². The Kier molecular flexibility index (Phi) is 9.02. The number of nitrogens with zero attached hydrogens (tertiary/aromatic N) is 4. The normalized spacial score (nSPS) is 13.0. The van der Waals surface area contributed by atoms with Gasteiger partial charge in [-0.25, -0.2) is 4.98 Å². The van der Waals surface area contributed by atoms with Crippen LogP contribution in [0.1, 0.15) is 43.0 Å². The van der Waals surface area contributed by atoms with Crippen molar-refractivity contribution in [2.24, 2.45) is 0 Å². The van der Waals surface area contributed by atoms with Crippen molar-refractivity contribution < 1.29 is 25.8 Å². The Hall–Kier alpha value is -5.46. The van der Waals surface area contributed by atoms with Crippen molar-refractivity contribution in [3.05, 3.63) is 163 Å². The Morgan fingerprint density at radius 3 is 2.14 bits per heavy atom. The van der Waals surface area contributed by atoms with Crippen LogP contribution in [0.15, 0.2) is 121 Å². The Morgan fingerprint density at radius 1 is 0.644 bits per heavy atom. The molecule has 0 atom stereocenters. The van der Waals surface area contributed by atoms with Crippen LogP contribution in [-0.2, 0) is 26.5 Å². The summed E-state index contributed by atoms with van der Waals surface area (Å²) in [5.74, 6) is 2.09. The molecule has 10 aromatic rings. The number of hydrogen-bond acceptors (Lipinski definition) is 6. The summed E-state index contributed by atoms with van der Waals surface area (Å²) >= 11 is 3.65. The first-order valence-electron chi connectivity index (χ1n) is 19.6. The summed E-state index contributed by atoms with van der Waals surface area (Å²) < 4.78 is 12.8. The molecule has 0 saturated heterocycles. The van der Waals surface area contributed by atoms with Crippen LogP contribution in [0.25, 0.3) is 57.9 Å². The van der Waals surface area contributed by atoms with Crippen LogP contribution in [0, 0.1) is 39.6 Å². The molecule has 5 heterocycles. The van der Waals surface area contributed by atoms with Gasteiger partial charge in [-0.2, -0.15) is 12.1 Å². The number of benzene rings is 6. The maximum Gasteiger partial charge on any atom is 0.135 e. The zero-order valence-electron chi connectivity index (χ0n) is 33.5. The zero-order valence-corrected chi connectivity index (χ0v) is 37.4. The molecule has 1 aliphatic heterocycles. The van der Waals surface area contributed by atoms with E-state index in [1.165, 1.54) is 63.2 Å². The molecule has 59 heavy (non-hydrogen) atoms. The predicted molar refractivity (Wildman–Crippen MR) is 245 cm³/mol. The number of fused-ring (bicyclic) bond motifs is 10. The van der Waals surface area contributed by atoms with E-state index in [4.69, 9.17) is 9.72 Å². The first-order chi connectivity index (χ1) is 28.1. The number of anilines is 4. The fraction of sp³-hybridized carbons (Fsp3) is 0.137. The van der Waals surface area contributed by atoms with Gasteiger partial charge in [0.15, 0.2) is 0 Å². The van der Waals surface area contributed by atoms with Crippen LogP contribution in [0.5, 0.6) is 11.5 Å².